The highest BCUT2D eigenvalue weighted by Crippen LogP contribution is 2.24. The topological polar surface area (TPSA) is 43.1 Å². The van der Waals surface area contributed by atoms with Gasteiger partial charge in [-0.25, -0.2) is 0 Å². The molecule has 2 atom stereocenters. The van der Waals surface area contributed by atoms with Gasteiger partial charge in [0.1, 0.15) is 5.78 Å². The fraction of sp³-hybridized carbons (Fsp3) is 0.889. The van der Waals surface area contributed by atoms with Gasteiger partial charge >= 0.3 is 0 Å². The van der Waals surface area contributed by atoms with E-state index in [2.05, 4.69) is 0 Å². The van der Waals surface area contributed by atoms with E-state index in [0.717, 1.165) is 25.7 Å². The molecule has 0 saturated heterocycles. The van der Waals surface area contributed by atoms with Crippen LogP contribution >= 0.6 is 0 Å². The first-order chi connectivity index (χ1) is 5.24. The molecule has 0 radical (unpaired) electrons. The minimum atomic E-state index is 0.281. The second kappa shape index (κ2) is 3.86. The van der Waals surface area contributed by atoms with Gasteiger partial charge in [-0.2, -0.15) is 0 Å². The van der Waals surface area contributed by atoms with Crippen molar-refractivity contribution in [2.75, 3.05) is 0 Å². The van der Waals surface area contributed by atoms with Crippen molar-refractivity contribution in [1.82, 2.24) is 0 Å². The molecule has 11 heavy (non-hydrogen) atoms. The summed E-state index contributed by atoms with van der Waals surface area (Å²) in [4.78, 5) is 11.3. The fourth-order valence-electron chi connectivity index (χ4n) is 1.81. The van der Waals surface area contributed by atoms with Gasteiger partial charge < -0.3 is 5.73 Å². The SMILES string of the molecule is CCC(=O)[C@H]1CCC[C@H](N)C1. The predicted molar refractivity (Wildman–Crippen MR) is 45.2 cm³/mol. The summed E-state index contributed by atoms with van der Waals surface area (Å²) < 4.78 is 0. The molecular formula is C9H17NO. The number of hydrogen-bond donors (Lipinski definition) is 1. The third kappa shape index (κ3) is 2.29. The van der Waals surface area contributed by atoms with Gasteiger partial charge in [-0.1, -0.05) is 13.3 Å². The number of Topliss-reactive ketones (excluding diaryl/α,β-unsaturated/α-hetero) is 1. The van der Waals surface area contributed by atoms with Crippen LogP contribution in [0.1, 0.15) is 39.0 Å². The summed E-state index contributed by atoms with van der Waals surface area (Å²) in [6, 6.07) is 0.282. The van der Waals surface area contributed by atoms with Gasteiger partial charge in [0.15, 0.2) is 0 Å². The first-order valence-electron chi connectivity index (χ1n) is 4.52. The summed E-state index contributed by atoms with van der Waals surface area (Å²) in [6.45, 7) is 1.93. The van der Waals surface area contributed by atoms with Crippen LogP contribution in [0, 0.1) is 5.92 Å². The second-order valence-electron chi connectivity index (χ2n) is 3.44. The number of rotatable bonds is 2. The summed E-state index contributed by atoms with van der Waals surface area (Å²) in [5.74, 6) is 0.684. The van der Waals surface area contributed by atoms with E-state index in [9.17, 15) is 4.79 Å². The summed E-state index contributed by atoms with van der Waals surface area (Å²) in [5.41, 5.74) is 5.77. The highest BCUT2D eigenvalue weighted by atomic mass is 16.1. The number of carbonyl (C=O) groups excluding carboxylic acids is 1. The van der Waals surface area contributed by atoms with Gasteiger partial charge in [0.25, 0.3) is 0 Å². The summed E-state index contributed by atoms with van der Waals surface area (Å²) >= 11 is 0. The molecule has 2 nitrogen and oxygen atoms in total. The lowest BCUT2D eigenvalue weighted by molar-refractivity contribution is -0.123. The van der Waals surface area contributed by atoms with Gasteiger partial charge in [-0.15, -0.1) is 0 Å². The molecule has 0 bridgehead atoms. The molecule has 0 aliphatic heterocycles. The van der Waals surface area contributed by atoms with Gasteiger partial charge in [0, 0.05) is 18.4 Å². The highest BCUT2D eigenvalue weighted by molar-refractivity contribution is 5.80. The van der Waals surface area contributed by atoms with Crippen LogP contribution in [-0.2, 0) is 4.79 Å². The third-order valence-corrected chi connectivity index (χ3v) is 2.52. The number of hydrogen-bond acceptors (Lipinski definition) is 2. The van der Waals surface area contributed by atoms with E-state index in [1.807, 2.05) is 6.92 Å². The number of nitrogens with two attached hydrogens (primary N) is 1. The molecule has 0 amide bonds. The molecule has 0 heterocycles. The van der Waals surface area contributed by atoms with Crippen LogP contribution in [0.5, 0.6) is 0 Å². The molecule has 1 aliphatic carbocycles. The Labute approximate surface area is 68.2 Å². The lowest BCUT2D eigenvalue weighted by Crippen LogP contribution is -2.31. The van der Waals surface area contributed by atoms with Crippen LogP contribution in [-0.4, -0.2) is 11.8 Å². The molecule has 0 aromatic rings. The first kappa shape index (κ1) is 8.72. The smallest absolute Gasteiger partial charge is 0.135 e. The largest absolute Gasteiger partial charge is 0.328 e. The zero-order valence-electron chi connectivity index (χ0n) is 7.18. The molecule has 1 rings (SSSR count). The van der Waals surface area contributed by atoms with E-state index in [0.29, 0.717) is 12.2 Å². The minimum Gasteiger partial charge on any atom is -0.328 e. The highest BCUT2D eigenvalue weighted by Gasteiger charge is 2.23. The van der Waals surface area contributed by atoms with Crippen molar-refractivity contribution in [3.63, 3.8) is 0 Å². The predicted octanol–water partition coefficient (Wildman–Crippen LogP) is 1.48. The van der Waals surface area contributed by atoms with Crippen LogP contribution in [0.25, 0.3) is 0 Å². The van der Waals surface area contributed by atoms with Crippen molar-refractivity contribution in [3.8, 4) is 0 Å². The van der Waals surface area contributed by atoms with Crippen LogP contribution in [0.4, 0.5) is 0 Å². The average molecular weight is 155 g/mol. The van der Waals surface area contributed by atoms with Gasteiger partial charge in [-0.3, -0.25) is 4.79 Å². The molecule has 1 saturated carbocycles. The maximum Gasteiger partial charge on any atom is 0.135 e. The molecule has 0 unspecified atom stereocenters. The van der Waals surface area contributed by atoms with Crippen molar-refractivity contribution in [1.29, 1.82) is 0 Å². The van der Waals surface area contributed by atoms with E-state index in [1.54, 1.807) is 0 Å². The molecule has 2 N–H and O–H groups in total. The molecular weight excluding hydrogens is 138 g/mol. The van der Waals surface area contributed by atoms with E-state index in [1.165, 1.54) is 0 Å². The number of ketones is 1. The third-order valence-electron chi connectivity index (χ3n) is 2.52. The summed E-state index contributed by atoms with van der Waals surface area (Å²) in [7, 11) is 0. The van der Waals surface area contributed by atoms with Crippen LogP contribution in [0.3, 0.4) is 0 Å². The van der Waals surface area contributed by atoms with Crippen molar-refractivity contribution >= 4 is 5.78 Å². The average Bonchev–Trinajstić information content (AvgIpc) is 2.03. The fourth-order valence-corrected chi connectivity index (χ4v) is 1.81. The monoisotopic (exact) mass is 155 g/mol. The van der Waals surface area contributed by atoms with Crippen molar-refractivity contribution in [3.05, 3.63) is 0 Å². The zero-order valence-corrected chi connectivity index (χ0v) is 7.18. The number of carbonyl (C=O) groups is 1. The Kier molecular flexibility index (Phi) is 3.06. The normalized spacial score (nSPS) is 31.8. The second-order valence-corrected chi connectivity index (χ2v) is 3.44. The Bertz CT molecular complexity index is 144. The van der Waals surface area contributed by atoms with Gasteiger partial charge in [0.2, 0.25) is 0 Å². The molecule has 0 aromatic heterocycles. The summed E-state index contributed by atoms with van der Waals surface area (Å²) in [5, 5.41) is 0. The van der Waals surface area contributed by atoms with Crippen LogP contribution in [0.2, 0.25) is 0 Å². The Hall–Kier alpha value is -0.370. The van der Waals surface area contributed by atoms with Crippen molar-refractivity contribution < 1.29 is 4.79 Å². The quantitative estimate of drug-likeness (QED) is 0.656. The maximum absolute atomic E-state index is 11.3. The van der Waals surface area contributed by atoms with E-state index in [4.69, 9.17) is 5.73 Å². The lowest BCUT2D eigenvalue weighted by Gasteiger charge is -2.24. The van der Waals surface area contributed by atoms with Crippen LogP contribution in [0.15, 0.2) is 0 Å². The molecule has 64 valence electrons. The summed E-state index contributed by atoms with van der Waals surface area (Å²) in [6.07, 6.45) is 4.91. The molecule has 0 aromatic carbocycles. The molecule has 1 fully saturated rings. The minimum absolute atomic E-state index is 0.281. The lowest BCUT2D eigenvalue weighted by atomic mass is 9.83. The Morgan fingerprint density at radius 3 is 2.82 bits per heavy atom. The zero-order chi connectivity index (χ0) is 8.27. The van der Waals surface area contributed by atoms with E-state index in [-0.39, 0.29) is 12.0 Å². The first-order valence-corrected chi connectivity index (χ1v) is 4.52. The molecule has 1 aliphatic rings. The van der Waals surface area contributed by atoms with Crippen molar-refractivity contribution in [2.45, 2.75) is 45.1 Å². The maximum atomic E-state index is 11.3. The standard InChI is InChI=1S/C9H17NO/c1-2-9(11)7-4-3-5-8(10)6-7/h7-8H,2-6,10H2,1H3/t7-,8-/m0/s1. The van der Waals surface area contributed by atoms with Crippen molar-refractivity contribution in [2.24, 2.45) is 11.7 Å². The Balaban J connectivity index is 2.39. The van der Waals surface area contributed by atoms with E-state index >= 15 is 0 Å². The molecule has 0 spiro atoms. The van der Waals surface area contributed by atoms with Gasteiger partial charge in [-0.05, 0) is 19.3 Å². The van der Waals surface area contributed by atoms with Gasteiger partial charge in [0.05, 0.1) is 0 Å². The Morgan fingerprint density at radius 2 is 2.27 bits per heavy atom. The van der Waals surface area contributed by atoms with E-state index < -0.39 is 0 Å². The molecule has 2 heteroatoms. The van der Waals surface area contributed by atoms with Crippen LogP contribution < -0.4 is 5.73 Å². The Morgan fingerprint density at radius 1 is 1.55 bits per heavy atom.